The molecule has 0 spiro atoms. The van der Waals surface area contributed by atoms with Crippen molar-refractivity contribution in [1.29, 1.82) is 0 Å². The van der Waals surface area contributed by atoms with Gasteiger partial charge in [-0.2, -0.15) is 5.48 Å². The van der Waals surface area contributed by atoms with Gasteiger partial charge in [-0.1, -0.05) is 26.0 Å². The summed E-state index contributed by atoms with van der Waals surface area (Å²) < 4.78 is 10.5. The van der Waals surface area contributed by atoms with Crippen molar-refractivity contribution in [2.24, 2.45) is 5.92 Å². The van der Waals surface area contributed by atoms with Crippen molar-refractivity contribution in [3.05, 3.63) is 29.8 Å². The molecule has 0 amide bonds. The van der Waals surface area contributed by atoms with E-state index in [2.05, 4.69) is 19.3 Å². The van der Waals surface area contributed by atoms with Crippen molar-refractivity contribution < 1.29 is 14.3 Å². The Morgan fingerprint density at radius 2 is 1.79 bits per heavy atom. The van der Waals surface area contributed by atoms with Crippen molar-refractivity contribution in [2.75, 3.05) is 26.9 Å². The Kier molecular flexibility index (Phi) is 8.21. The number of hydrogen-bond acceptors (Lipinski definition) is 4. The summed E-state index contributed by atoms with van der Waals surface area (Å²) in [6.07, 6.45) is 1.08. The molecule has 0 atom stereocenters. The average molecular weight is 267 g/mol. The van der Waals surface area contributed by atoms with Crippen LogP contribution in [0.25, 0.3) is 0 Å². The minimum Gasteiger partial charge on any atom is -0.494 e. The Morgan fingerprint density at radius 1 is 1.05 bits per heavy atom. The third-order valence-electron chi connectivity index (χ3n) is 2.66. The average Bonchev–Trinajstić information content (AvgIpc) is 2.40. The van der Waals surface area contributed by atoms with Gasteiger partial charge in [-0.3, -0.25) is 4.84 Å². The van der Waals surface area contributed by atoms with E-state index in [1.54, 1.807) is 7.11 Å². The summed E-state index contributed by atoms with van der Waals surface area (Å²) in [4.78, 5) is 5.19. The summed E-state index contributed by atoms with van der Waals surface area (Å²) in [5.74, 6) is 1.59. The van der Waals surface area contributed by atoms with Gasteiger partial charge in [-0.25, -0.2) is 0 Å². The first kappa shape index (κ1) is 16.0. The molecule has 19 heavy (non-hydrogen) atoms. The van der Waals surface area contributed by atoms with Crippen LogP contribution in [0.5, 0.6) is 5.75 Å². The Hall–Kier alpha value is -1.10. The monoisotopic (exact) mass is 267 g/mol. The number of ether oxygens (including phenoxy) is 2. The number of hydrogen-bond donors (Lipinski definition) is 1. The van der Waals surface area contributed by atoms with Gasteiger partial charge in [0, 0.05) is 13.7 Å². The second-order valence-electron chi connectivity index (χ2n) is 4.84. The van der Waals surface area contributed by atoms with Gasteiger partial charge >= 0.3 is 0 Å². The molecule has 1 aromatic carbocycles. The van der Waals surface area contributed by atoms with Gasteiger partial charge in [0.2, 0.25) is 0 Å². The molecule has 0 bridgehead atoms. The van der Waals surface area contributed by atoms with Crippen LogP contribution in [-0.2, 0) is 16.1 Å². The predicted octanol–water partition coefficient (Wildman–Crippen LogP) is 2.78. The molecule has 0 saturated heterocycles. The molecule has 0 aliphatic rings. The van der Waals surface area contributed by atoms with E-state index in [0.29, 0.717) is 25.7 Å². The maximum atomic E-state index is 5.66. The van der Waals surface area contributed by atoms with E-state index >= 15 is 0 Å². The second-order valence-corrected chi connectivity index (χ2v) is 4.84. The SMILES string of the molecule is COCCONCc1ccc(OCCC(C)C)cc1. The highest BCUT2D eigenvalue weighted by Gasteiger charge is 1.98. The fraction of sp³-hybridized carbons (Fsp3) is 0.600. The summed E-state index contributed by atoms with van der Waals surface area (Å²) in [6.45, 7) is 6.98. The van der Waals surface area contributed by atoms with Gasteiger partial charge in [0.15, 0.2) is 0 Å². The Balaban J connectivity index is 2.19. The first-order valence-electron chi connectivity index (χ1n) is 6.77. The number of benzene rings is 1. The molecule has 1 rings (SSSR count). The Labute approximate surface area is 116 Å². The molecule has 4 heteroatoms. The van der Waals surface area contributed by atoms with Gasteiger partial charge in [-0.15, -0.1) is 0 Å². The lowest BCUT2D eigenvalue weighted by Gasteiger charge is -2.09. The minimum atomic E-state index is 0.549. The van der Waals surface area contributed by atoms with Crippen LogP contribution in [0.1, 0.15) is 25.8 Å². The molecule has 1 aromatic rings. The fourth-order valence-corrected chi connectivity index (χ4v) is 1.45. The first-order valence-corrected chi connectivity index (χ1v) is 6.77. The van der Waals surface area contributed by atoms with Crippen molar-refractivity contribution in [2.45, 2.75) is 26.8 Å². The van der Waals surface area contributed by atoms with Crippen LogP contribution >= 0.6 is 0 Å². The summed E-state index contributed by atoms with van der Waals surface area (Å²) in [7, 11) is 1.65. The molecule has 0 fully saturated rings. The predicted molar refractivity (Wildman–Crippen MR) is 76.1 cm³/mol. The molecular weight excluding hydrogens is 242 g/mol. The zero-order valence-corrected chi connectivity index (χ0v) is 12.1. The molecule has 0 unspecified atom stereocenters. The molecule has 0 radical (unpaired) electrons. The third kappa shape index (κ3) is 7.82. The zero-order chi connectivity index (χ0) is 13.9. The molecule has 0 aliphatic carbocycles. The van der Waals surface area contributed by atoms with Crippen molar-refractivity contribution >= 4 is 0 Å². The van der Waals surface area contributed by atoms with Gasteiger partial charge in [0.1, 0.15) is 5.75 Å². The maximum absolute atomic E-state index is 5.66. The van der Waals surface area contributed by atoms with Gasteiger partial charge in [-0.05, 0) is 30.0 Å². The molecule has 108 valence electrons. The highest BCUT2D eigenvalue weighted by atomic mass is 16.7. The van der Waals surface area contributed by atoms with E-state index < -0.39 is 0 Å². The number of rotatable bonds is 10. The van der Waals surface area contributed by atoms with Crippen molar-refractivity contribution in [3.8, 4) is 5.75 Å². The quantitative estimate of drug-likeness (QED) is 0.523. The van der Waals surface area contributed by atoms with Crippen LogP contribution in [0.15, 0.2) is 24.3 Å². The lowest BCUT2D eigenvalue weighted by atomic mass is 10.1. The smallest absolute Gasteiger partial charge is 0.119 e. The molecule has 0 aliphatic heterocycles. The van der Waals surface area contributed by atoms with Crippen LogP contribution < -0.4 is 10.2 Å². The summed E-state index contributed by atoms with van der Waals surface area (Å²) in [6, 6.07) is 8.06. The highest BCUT2D eigenvalue weighted by molar-refractivity contribution is 5.27. The highest BCUT2D eigenvalue weighted by Crippen LogP contribution is 2.13. The van der Waals surface area contributed by atoms with Crippen molar-refractivity contribution in [3.63, 3.8) is 0 Å². The van der Waals surface area contributed by atoms with E-state index in [9.17, 15) is 0 Å². The normalized spacial score (nSPS) is 10.9. The number of nitrogens with one attached hydrogen (secondary N) is 1. The van der Waals surface area contributed by atoms with E-state index in [4.69, 9.17) is 14.3 Å². The molecule has 1 N–H and O–H groups in total. The van der Waals surface area contributed by atoms with E-state index in [-0.39, 0.29) is 0 Å². The summed E-state index contributed by atoms with van der Waals surface area (Å²) >= 11 is 0. The van der Waals surface area contributed by atoms with Gasteiger partial charge in [0.05, 0.1) is 19.8 Å². The van der Waals surface area contributed by atoms with Gasteiger partial charge < -0.3 is 9.47 Å². The lowest BCUT2D eigenvalue weighted by molar-refractivity contribution is 0.00346. The van der Waals surface area contributed by atoms with E-state index in [1.807, 2.05) is 24.3 Å². The summed E-state index contributed by atoms with van der Waals surface area (Å²) in [5, 5.41) is 0. The number of methoxy groups -OCH3 is 1. The largest absolute Gasteiger partial charge is 0.494 e. The fourth-order valence-electron chi connectivity index (χ4n) is 1.45. The maximum Gasteiger partial charge on any atom is 0.119 e. The molecule has 0 heterocycles. The zero-order valence-electron chi connectivity index (χ0n) is 12.1. The van der Waals surface area contributed by atoms with Gasteiger partial charge in [0.25, 0.3) is 0 Å². The first-order chi connectivity index (χ1) is 9.22. The van der Waals surface area contributed by atoms with Crippen LogP contribution in [-0.4, -0.2) is 26.9 Å². The standard InChI is InChI=1S/C15H25NO3/c1-13(2)8-9-18-15-6-4-14(5-7-15)12-16-19-11-10-17-3/h4-7,13,16H,8-12H2,1-3H3. The van der Waals surface area contributed by atoms with Crippen LogP contribution in [0.2, 0.25) is 0 Å². The molecule has 4 nitrogen and oxygen atoms in total. The molecular formula is C15H25NO3. The Morgan fingerprint density at radius 3 is 2.42 bits per heavy atom. The van der Waals surface area contributed by atoms with Crippen LogP contribution in [0, 0.1) is 5.92 Å². The second kappa shape index (κ2) is 9.78. The number of hydroxylamine groups is 1. The topological polar surface area (TPSA) is 39.7 Å². The minimum absolute atomic E-state index is 0.549. The van der Waals surface area contributed by atoms with Crippen LogP contribution in [0.3, 0.4) is 0 Å². The van der Waals surface area contributed by atoms with E-state index in [0.717, 1.165) is 24.3 Å². The van der Waals surface area contributed by atoms with E-state index in [1.165, 1.54) is 0 Å². The lowest BCUT2D eigenvalue weighted by Crippen LogP contribution is -2.17. The van der Waals surface area contributed by atoms with Crippen molar-refractivity contribution in [1.82, 2.24) is 5.48 Å². The third-order valence-corrected chi connectivity index (χ3v) is 2.66. The Bertz CT molecular complexity index is 325. The molecule has 0 saturated carbocycles. The molecule has 0 aromatic heterocycles. The summed E-state index contributed by atoms with van der Waals surface area (Å²) in [5.41, 5.74) is 4.05. The van der Waals surface area contributed by atoms with Crippen LogP contribution in [0.4, 0.5) is 0 Å².